The molecule has 8 heteroatoms. The molecule has 1 amide bonds. The van der Waals surface area contributed by atoms with Gasteiger partial charge < -0.3 is 14.8 Å². The molecule has 2 fully saturated rings. The van der Waals surface area contributed by atoms with Crippen LogP contribution in [0.1, 0.15) is 77.3 Å². The van der Waals surface area contributed by atoms with Crippen molar-refractivity contribution in [2.24, 2.45) is 0 Å². The van der Waals surface area contributed by atoms with Crippen LogP contribution in [0.15, 0.2) is 77.7 Å². The van der Waals surface area contributed by atoms with Gasteiger partial charge in [-0.05, 0) is 93.0 Å². The largest absolute Gasteiger partial charge is 0.497 e. The van der Waals surface area contributed by atoms with Crippen molar-refractivity contribution in [2.45, 2.75) is 113 Å². The first kappa shape index (κ1) is 33.0. The Bertz CT molecular complexity index is 1550. The summed E-state index contributed by atoms with van der Waals surface area (Å²) >= 11 is 0. The molecule has 0 unspecified atom stereocenters. The smallest absolute Gasteiger partial charge is 0.410 e. The van der Waals surface area contributed by atoms with Gasteiger partial charge in [0, 0.05) is 12.6 Å². The van der Waals surface area contributed by atoms with Gasteiger partial charge in [0.15, 0.2) is 9.84 Å². The number of methoxy groups -OCH3 is 1. The van der Waals surface area contributed by atoms with Crippen molar-refractivity contribution in [3.05, 3.63) is 83.9 Å². The Morgan fingerprint density at radius 1 is 0.889 bits per heavy atom. The first-order valence-corrected chi connectivity index (χ1v) is 17.9. The Labute approximate surface area is 269 Å². The fourth-order valence-corrected chi connectivity index (χ4v) is 9.02. The molecule has 2 bridgehead atoms. The molecule has 0 aromatic heterocycles. The zero-order chi connectivity index (χ0) is 32.2. The molecule has 45 heavy (non-hydrogen) atoms. The molecule has 0 radical (unpaired) electrons. The highest BCUT2D eigenvalue weighted by Crippen LogP contribution is 2.44. The maximum Gasteiger partial charge on any atom is 0.410 e. The van der Waals surface area contributed by atoms with Crippen LogP contribution in [-0.4, -0.2) is 55.5 Å². The van der Waals surface area contributed by atoms with Crippen LogP contribution in [0.3, 0.4) is 0 Å². The number of nitrogens with one attached hydrogen (secondary N) is 1. The summed E-state index contributed by atoms with van der Waals surface area (Å²) in [6.45, 7) is 8.20. The molecule has 1 N–H and O–H groups in total. The zero-order valence-electron chi connectivity index (χ0n) is 27.3. The number of fused-ring (bicyclic) bond motifs is 2. The van der Waals surface area contributed by atoms with Crippen LogP contribution in [0.5, 0.6) is 5.75 Å². The SMILES string of the molecule is CCCCCCc1ccc(S(=O)(=O)[C@@H]2[C@@H](NCc3ccc(-c4cccc(OC)c4)cc3)[C@@H]3CC[C@H]2N3C(=O)OC(C)(C)C)cc1. The topological polar surface area (TPSA) is 84.9 Å². The summed E-state index contributed by atoms with van der Waals surface area (Å²) in [5.74, 6) is 0.804. The summed E-state index contributed by atoms with van der Waals surface area (Å²) in [5, 5.41) is 2.81. The van der Waals surface area contributed by atoms with Crippen LogP contribution >= 0.6 is 0 Å². The van der Waals surface area contributed by atoms with Gasteiger partial charge in [0.25, 0.3) is 0 Å². The molecular formula is C37H48N2O5S. The van der Waals surface area contributed by atoms with Crippen LogP contribution in [-0.2, 0) is 27.5 Å². The summed E-state index contributed by atoms with van der Waals surface area (Å²) in [7, 11) is -2.09. The number of ether oxygens (including phenoxy) is 2. The van der Waals surface area contributed by atoms with Gasteiger partial charge in [0.1, 0.15) is 16.6 Å². The molecule has 0 spiro atoms. The number of sulfone groups is 1. The van der Waals surface area contributed by atoms with Gasteiger partial charge in [-0.15, -0.1) is 0 Å². The van der Waals surface area contributed by atoms with E-state index < -0.39 is 38.9 Å². The maximum atomic E-state index is 14.3. The molecule has 2 aliphatic heterocycles. The van der Waals surface area contributed by atoms with E-state index in [1.165, 1.54) is 19.3 Å². The first-order chi connectivity index (χ1) is 21.5. The lowest BCUT2D eigenvalue weighted by molar-refractivity contribution is 0.0210. The highest BCUT2D eigenvalue weighted by atomic mass is 32.2. The minimum absolute atomic E-state index is 0.265. The molecule has 3 aromatic rings. The van der Waals surface area contributed by atoms with Gasteiger partial charge in [0.2, 0.25) is 0 Å². The number of hydrogen-bond donors (Lipinski definition) is 1. The maximum absolute atomic E-state index is 14.3. The van der Waals surface area contributed by atoms with E-state index >= 15 is 0 Å². The molecule has 0 aliphatic carbocycles. The number of hydrogen-bond acceptors (Lipinski definition) is 6. The molecule has 4 atom stereocenters. The Morgan fingerprint density at radius 3 is 2.24 bits per heavy atom. The minimum atomic E-state index is -3.75. The average Bonchev–Trinajstić information content (AvgIpc) is 3.59. The number of nitrogens with zero attached hydrogens (tertiary/aromatic N) is 1. The van der Waals surface area contributed by atoms with Gasteiger partial charge in [0.05, 0.1) is 24.1 Å². The third kappa shape index (κ3) is 7.55. The van der Waals surface area contributed by atoms with E-state index in [-0.39, 0.29) is 6.04 Å². The molecule has 2 aliphatic rings. The minimum Gasteiger partial charge on any atom is -0.497 e. The van der Waals surface area contributed by atoms with Gasteiger partial charge >= 0.3 is 6.09 Å². The van der Waals surface area contributed by atoms with Crippen molar-refractivity contribution in [1.82, 2.24) is 10.2 Å². The normalized spacial score (nSPS) is 21.2. The summed E-state index contributed by atoms with van der Waals surface area (Å²) in [4.78, 5) is 15.5. The van der Waals surface area contributed by atoms with Crippen LogP contribution in [0, 0.1) is 0 Å². The molecule has 2 saturated heterocycles. The van der Waals surface area contributed by atoms with Crippen LogP contribution in [0.2, 0.25) is 0 Å². The van der Waals surface area contributed by atoms with Gasteiger partial charge in [-0.25, -0.2) is 13.2 Å². The predicted octanol–water partition coefficient (Wildman–Crippen LogP) is 7.57. The van der Waals surface area contributed by atoms with Gasteiger partial charge in [-0.1, -0.05) is 74.7 Å². The number of carbonyl (C=O) groups is 1. The lowest BCUT2D eigenvalue weighted by Gasteiger charge is -2.29. The molecule has 242 valence electrons. The predicted molar refractivity (Wildman–Crippen MR) is 179 cm³/mol. The van der Waals surface area contributed by atoms with Crippen molar-refractivity contribution < 1.29 is 22.7 Å². The summed E-state index contributed by atoms with van der Waals surface area (Å²) in [6.07, 6.45) is 6.56. The Morgan fingerprint density at radius 2 is 1.58 bits per heavy atom. The van der Waals surface area contributed by atoms with Crippen LogP contribution in [0.4, 0.5) is 4.79 Å². The number of aryl methyl sites for hydroxylation is 1. The van der Waals surface area contributed by atoms with Crippen molar-refractivity contribution in [2.75, 3.05) is 7.11 Å². The molecular weight excluding hydrogens is 584 g/mol. The van der Waals surface area contributed by atoms with E-state index in [1.807, 2.05) is 57.2 Å². The Balaban J connectivity index is 1.37. The quantitative estimate of drug-likeness (QED) is 0.207. The number of amides is 1. The summed E-state index contributed by atoms with van der Waals surface area (Å²) in [6, 6.07) is 22.5. The third-order valence-electron chi connectivity index (χ3n) is 9.05. The van der Waals surface area contributed by atoms with Crippen molar-refractivity contribution in [3.63, 3.8) is 0 Å². The lowest BCUT2D eigenvalue weighted by atomic mass is 9.94. The number of carbonyl (C=O) groups excluding carboxylic acids is 1. The van der Waals surface area contributed by atoms with Crippen molar-refractivity contribution in [1.29, 1.82) is 0 Å². The molecule has 0 saturated carbocycles. The highest BCUT2D eigenvalue weighted by Gasteiger charge is 2.60. The van der Waals surface area contributed by atoms with Gasteiger partial charge in [-0.2, -0.15) is 0 Å². The summed E-state index contributed by atoms with van der Waals surface area (Å²) < 4.78 is 39.8. The Kier molecular flexibility index (Phi) is 10.2. The molecule has 2 heterocycles. The van der Waals surface area contributed by atoms with E-state index in [9.17, 15) is 13.2 Å². The monoisotopic (exact) mass is 632 g/mol. The number of benzene rings is 3. The van der Waals surface area contributed by atoms with E-state index in [0.717, 1.165) is 47.3 Å². The van der Waals surface area contributed by atoms with E-state index in [4.69, 9.17) is 9.47 Å². The van der Waals surface area contributed by atoms with Crippen molar-refractivity contribution >= 4 is 15.9 Å². The second kappa shape index (κ2) is 14.0. The fourth-order valence-electron chi connectivity index (χ4n) is 6.85. The Hall–Kier alpha value is -3.36. The number of unbranched alkanes of at least 4 members (excludes halogenated alkanes) is 3. The molecule has 7 nitrogen and oxygen atoms in total. The number of rotatable bonds is 12. The average molecular weight is 633 g/mol. The third-order valence-corrected chi connectivity index (χ3v) is 11.3. The van der Waals surface area contributed by atoms with E-state index in [2.05, 4.69) is 36.5 Å². The van der Waals surface area contributed by atoms with Crippen LogP contribution < -0.4 is 10.1 Å². The summed E-state index contributed by atoms with van der Waals surface area (Å²) in [5.41, 5.74) is 3.65. The molecule has 3 aromatic carbocycles. The van der Waals surface area contributed by atoms with Gasteiger partial charge in [-0.3, -0.25) is 4.90 Å². The van der Waals surface area contributed by atoms with E-state index in [1.54, 1.807) is 24.1 Å². The highest BCUT2D eigenvalue weighted by molar-refractivity contribution is 7.92. The second-order valence-electron chi connectivity index (χ2n) is 13.4. The first-order valence-electron chi connectivity index (χ1n) is 16.3. The van der Waals surface area contributed by atoms with E-state index in [0.29, 0.717) is 17.9 Å². The second-order valence-corrected chi connectivity index (χ2v) is 15.5. The molecule has 5 rings (SSSR count). The van der Waals surface area contributed by atoms with Crippen LogP contribution in [0.25, 0.3) is 11.1 Å². The lowest BCUT2D eigenvalue weighted by Crippen LogP contribution is -2.50. The standard InChI is InChI=1S/C37H48N2O5S/c1-6-7-8-9-11-26-16-20-31(21-17-26)45(41,42)35-33-23-22-32(39(33)36(40)44-37(2,3)4)34(35)38-25-27-14-18-28(19-15-27)29-12-10-13-30(24-29)43-5/h10,12-21,24,32-35,38H,6-9,11,22-23,25H2,1-5H3/t32-,33+,34-,35-/m0/s1. The van der Waals surface area contributed by atoms with Crippen molar-refractivity contribution in [3.8, 4) is 16.9 Å². The fraction of sp³-hybridized carbons (Fsp3) is 0.486. The zero-order valence-corrected chi connectivity index (χ0v) is 28.1.